The van der Waals surface area contributed by atoms with Gasteiger partial charge in [0.25, 0.3) is 5.56 Å². The Morgan fingerprint density at radius 3 is 2.43 bits per heavy atom. The Kier molecular flexibility index (Phi) is 5.57. The van der Waals surface area contributed by atoms with E-state index in [1.54, 1.807) is 23.1 Å². The zero-order valence-electron chi connectivity index (χ0n) is 16.6. The minimum absolute atomic E-state index is 0.173. The number of nitrogens with one attached hydrogen (secondary N) is 2. The van der Waals surface area contributed by atoms with E-state index in [1.807, 2.05) is 67.6 Å². The van der Waals surface area contributed by atoms with Gasteiger partial charge in [-0.3, -0.25) is 4.79 Å². The molecule has 0 aliphatic rings. The number of aryl methyl sites for hydroxylation is 1. The molecule has 1 aromatic heterocycles. The van der Waals surface area contributed by atoms with Gasteiger partial charge in [-0.1, -0.05) is 60.7 Å². The van der Waals surface area contributed by atoms with Crippen LogP contribution in [0.15, 0.2) is 83.7 Å². The summed E-state index contributed by atoms with van der Waals surface area (Å²) >= 11 is 0. The van der Waals surface area contributed by atoms with Gasteiger partial charge in [-0.15, -0.1) is 0 Å². The van der Waals surface area contributed by atoms with Crippen LogP contribution in [0.1, 0.15) is 17.0 Å². The molecule has 0 unspecified atom stereocenters. The molecule has 0 spiro atoms. The summed E-state index contributed by atoms with van der Waals surface area (Å²) in [5.41, 5.74) is 3.11. The lowest BCUT2D eigenvalue weighted by atomic mass is 10.2. The standard InChI is InChI=1S/C24H22N4O2/c1-17-9-5-7-13-20(17)26-24(30)28(15-18-10-3-2-4-11-18)16-22-25-21-14-8-6-12-19(21)23(29)27-22/h2-14H,15-16H2,1H3,(H,26,30)(H,25,27,29). The first-order valence-electron chi connectivity index (χ1n) is 9.73. The Balaban J connectivity index is 1.64. The number of amides is 2. The average molecular weight is 398 g/mol. The fourth-order valence-electron chi connectivity index (χ4n) is 3.30. The second-order valence-corrected chi connectivity index (χ2v) is 7.12. The topological polar surface area (TPSA) is 78.1 Å². The lowest BCUT2D eigenvalue weighted by Gasteiger charge is -2.23. The number of hydrogen-bond acceptors (Lipinski definition) is 3. The number of benzene rings is 3. The van der Waals surface area contributed by atoms with Gasteiger partial charge < -0.3 is 15.2 Å². The fraction of sp³-hybridized carbons (Fsp3) is 0.125. The number of rotatable bonds is 5. The van der Waals surface area contributed by atoms with Crippen LogP contribution in [0.5, 0.6) is 0 Å². The number of hydrogen-bond donors (Lipinski definition) is 2. The van der Waals surface area contributed by atoms with Crippen molar-refractivity contribution in [1.29, 1.82) is 0 Å². The number of para-hydroxylation sites is 2. The maximum Gasteiger partial charge on any atom is 0.322 e. The van der Waals surface area contributed by atoms with Crippen molar-refractivity contribution < 1.29 is 4.79 Å². The predicted molar refractivity (Wildman–Crippen MR) is 118 cm³/mol. The Morgan fingerprint density at radius 1 is 0.933 bits per heavy atom. The molecule has 0 aliphatic heterocycles. The third-order valence-electron chi connectivity index (χ3n) is 4.89. The van der Waals surface area contributed by atoms with Crippen molar-refractivity contribution in [2.75, 3.05) is 5.32 Å². The van der Waals surface area contributed by atoms with Gasteiger partial charge in [-0.25, -0.2) is 9.78 Å². The van der Waals surface area contributed by atoms with Gasteiger partial charge in [0.2, 0.25) is 0 Å². The molecule has 0 aliphatic carbocycles. The van der Waals surface area contributed by atoms with E-state index in [4.69, 9.17) is 0 Å². The highest BCUT2D eigenvalue weighted by molar-refractivity contribution is 5.90. The quantitative estimate of drug-likeness (QED) is 0.521. The minimum Gasteiger partial charge on any atom is -0.313 e. The number of nitrogens with zero attached hydrogens (tertiary/aromatic N) is 2. The van der Waals surface area contributed by atoms with Gasteiger partial charge in [0.15, 0.2) is 0 Å². The van der Waals surface area contributed by atoms with Crippen LogP contribution in [0.3, 0.4) is 0 Å². The third kappa shape index (κ3) is 4.38. The Hall–Kier alpha value is -3.93. The summed E-state index contributed by atoms with van der Waals surface area (Å²) in [6.07, 6.45) is 0. The molecule has 0 saturated heterocycles. The lowest BCUT2D eigenvalue weighted by Crippen LogP contribution is -2.35. The van der Waals surface area contributed by atoms with E-state index in [-0.39, 0.29) is 18.1 Å². The van der Waals surface area contributed by atoms with Crippen molar-refractivity contribution >= 4 is 22.6 Å². The number of H-pyrrole nitrogens is 1. The monoisotopic (exact) mass is 398 g/mol. The zero-order valence-corrected chi connectivity index (χ0v) is 16.6. The average Bonchev–Trinajstić information content (AvgIpc) is 2.76. The van der Waals surface area contributed by atoms with Crippen molar-refractivity contribution in [2.45, 2.75) is 20.0 Å². The third-order valence-corrected chi connectivity index (χ3v) is 4.89. The number of aromatic amines is 1. The van der Waals surface area contributed by atoms with Crippen molar-refractivity contribution in [3.8, 4) is 0 Å². The lowest BCUT2D eigenvalue weighted by molar-refractivity contribution is 0.205. The molecule has 0 atom stereocenters. The normalized spacial score (nSPS) is 10.7. The number of carbonyl (C=O) groups excluding carboxylic acids is 1. The number of fused-ring (bicyclic) bond motifs is 1. The molecule has 1 heterocycles. The molecule has 0 saturated carbocycles. The van der Waals surface area contributed by atoms with Gasteiger partial charge in [0.1, 0.15) is 5.82 Å². The summed E-state index contributed by atoms with van der Waals surface area (Å²) < 4.78 is 0. The maximum absolute atomic E-state index is 13.1. The molecule has 30 heavy (non-hydrogen) atoms. The van der Waals surface area contributed by atoms with E-state index in [0.717, 1.165) is 16.8 Å². The Morgan fingerprint density at radius 2 is 1.63 bits per heavy atom. The molecule has 150 valence electrons. The minimum atomic E-state index is -0.260. The van der Waals surface area contributed by atoms with Crippen LogP contribution in [0.25, 0.3) is 10.9 Å². The Bertz CT molecular complexity index is 1230. The smallest absolute Gasteiger partial charge is 0.313 e. The van der Waals surface area contributed by atoms with Gasteiger partial charge in [-0.2, -0.15) is 0 Å². The molecule has 6 nitrogen and oxygen atoms in total. The number of carbonyl (C=O) groups is 1. The molecule has 4 rings (SSSR count). The maximum atomic E-state index is 13.1. The van der Waals surface area contributed by atoms with E-state index in [0.29, 0.717) is 23.3 Å². The molecule has 2 N–H and O–H groups in total. The summed E-state index contributed by atoms with van der Waals surface area (Å²) in [5.74, 6) is 0.439. The fourth-order valence-corrected chi connectivity index (χ4v) is 3.30. The van der Waals surface area contributed by atoms with Crippen LogP contribution >= 0.6 is 0 Å². The van der Waals surface area contributed by atoms with E-state index in [9.17, 15) is 9.59 Å². The van der Waals surface area contributed by atoms with Crippen molar-refractivity contribution in [3.63, 3.8) is 0 Å². The van der Waals surface area contributed by atoms with E-state index in [2.05, 4.69) is 15.3 Å². The van der Waals surface area contributed by atoms with Crippen molar-refractivity contribution in [1.82, 2.24) is 14.9 Å². The largest absolute Gasteiger partial charge is 0.322 e. The van der Waals surface area contributed by atoms with Crippen LogP contribution < -0.4 is 10.9 Å². The van der Waals surface area contributed by atoms with Crippen molar-refractivity contribution in [3.05, 3.63) is 106 Å². The summed E-state index contributed by atoms with van der Waals surface area (Å²) in [7, 11) is 0. The van der Waals surface area contributed by atoms with E-state index < -0.39 is 0 Å². The SMILES string of the molecule is Cc1ccccc1NC(=O)N(Cc1ccccc1)Cc1nc2ccccc2c(=O)[nH]1. The predicted octanol–water partition coefficient (Wildman–Crippen LogP) is 4.47. The zero-order chi connectivity index (χ0) is 20.9. The Labute approximate surface area is 174 Å². The molecular weight excluding hydrogens is 376 g/mol. The van der Waals surface area contributed by atoms with Crippen molar-refractivity contribution in [2.24, 2.45) is 0 Å². The van der Waals surface area contributed by atoms with E-state index >= 15 is 0 Å². The highest BCUT2D eigenvalue weighted by Gasteiger charge is 2.17. The van der Waals surface area contributed by atoms with E-state index in [1.165, 1.54) is 0 Å². The second-order valence-electron chi connectivity index (χ2n) is 7.12. The first-order chi connectivity index (χ1) is 14.6. The van der Waals surface area contributed by atoms with Crippen LogP contribution in [-0.4, -0.2) is 20.9 Å². The summed E-state index contributed by atoms with van der Waals surface area (Å²) in [6, 6.07) is 24.3. The molecule has 4 aromatic rings. The molecule has 0 fully saturated rings. The molecule has 2 amide bonds. The summed E-state index contributed by atoms with van der Waals surface area (Å²) in [4.78, 5) is 34.5. The highest BCUT2D eigenvalue weighted by atomic mass is 16.2. The van der Waals surface area contributed by atoms with Gasteiger partial charge in [0.05, 0.1) is 17.4 Å². The molecule has 0 bridgehead atoms. The number of urea groups is 1. The first-order valence-corrected chi connectivity index (χ1v) is 9.73. The second kappa shape index (κ2) is 8.61. The summed E-state index contributed by atoms with van der Waals surface area (Å²) in [5, 5.41) is 3.50. The van der Waals surface area contributed by atoms with Crippen LogP contribution in [0, 0.1) is 6.92 Å². The molecule has 3 aromatic carbocycles. The van der Waals surface area contributed by atoms with Crippen LogP contribution in [0.4, 0.5) is 10.5 Å². The first kappa shape index (κ1) is 19.4. The summed E-state index contributed by atoms with van der Waals surface area (Å²) in [6.45, 7) is 2.50. The van der Waals surface area contributed by atoms with Gasteiger partial charge in [0, 0.05) is 12.2 Å². The van der Waals surface area contributed by atoms with Crippen LogP contribution in [-0.2, 0) is 13.1 Å². The number of anilines is 1. The number of aromatic nitrogens is 2. The molecule has 6 heteroatoms. The highest BCUT2D eigenvalue weighted by Crippen LogP contribution is 2.16. The van der Waals surface area contributed by atoms with Crippen LogP contribution in [0.2, 0.25) is 0 Å². The molecule has 0 radical (unpaired) electrons. The van der Waals surface area contributed by atoms with Gasteiger partial charge in [-0.05, 0) is 36.2 Å². The molecular formula is C24H22N4O2. The van der Waals surface area contributed by atoms with Gasteiger partial charge >= 0.3 is 6.03 Å².